The van der Waals surface area contributed by atoms with E-state index in [2.05, 4.69) is 15.7 Å². The van der Waals surface area contributed by atoms with Crippen molar-refractivity contribution in [1.29, 1.82) is 0 Å². The van der Waals surface area contributed by atoms with Crippen molar-refractivity contribution in [3.05, 3.63) is 30.5 Å². The molecule has 15 heavy (non-hydrogen) atoms. The molecule has 0 saturated carbocycles. The van der Waals surface area contributed by atoms with Gasteiger partial charge in [-0.3, -0.25) is 10.2 Å². The zero-order chi connectivity index (χ0) is 10.7. The largest absolute Gasteiger partial charge is 0.376 e. The van der Waals surface area contributed by atoms with Crippen molar-refractivity contribution in [2.45, 2.75) is 0 Å². The van der Waals surface area contributed by atoms with Crippen LogP contribution in [-0.2, 0) is 4.79 Å². The van der Waals surface area contributed by atoms with Gasteiger partial charge in [0, 0.05) is 17.4 Å². The van der Waals surface area contributed by atoms with Crippen molar-refractivity contribution in [3.8, 4) is 0 Å². The number of nitrogens with one attached hydrogen (secondary N) is 3. The second-order valence-electron chi connectivity index (χ2n) is 3.20. The first-order valence-electron chi connectivity index (χ1n) is 4.60. The Labute approximate surface area is 86.6 Å². The maximum atomic E-state index is 10.9. The van der Waals surface area contributed by atoms with Gasteiger partial charge in [0.1, 0.15) is 0 Å². The first kappa shape index (κ1) is 9.54. The molecular formula is C10H12N4O. The van der Waals surface area contributed by atoms with Crippen molar-refractivity contribution < 1.29 is 4.79 Å². The van der Waals surface area contributed by atoms with E-state index in [1.54, 1.807) is 0 Å². The van der Waals surface area contributed by atoms with Crippen LogP contribution in [0.5, 0.6) is 0 Å². The average molecular weight is 204 g/mol. The van der Waals surface area contributed by atoms with Crippen molar-refractivity contribution in [2.24, 2.45) is 5.84 Å². The second-order valence-corrected chi connectivity index (χ2v) is 3.20. The highest BCUT2D eigenvalue weighted by molar-refractivity contribution is 5.84. The number of hydrazine groups is 1. The van der Waals surface area contributed by atoms with E-state index >= 15 is 0 Å². The first-order valence-corrected chi connectivity index (χ1v) is 4.60. The van der Waals surface area contributed by atoms with Gasteiger partial charge in [-0.25, -0.2) is 5.84 Å². The molecule has 78 valence electrons. The predicted molar refractivity (Wildman–Crippen MR) is 59.1 cm³/mol. The van der Waals surface area contributed by atoms with Crippen LogP contribution in [0.1, 0.15) is 0 Å². The normalized spacial score (nSPS) is 10.2. The van der Waals surface area contributed by atoms with Crippen LogP contribution in [0.2, 0.25) is 0 Å². The zero-order valence-corrected chi connectivity index (χ0v) is 8.08. The standard InChI is InChI=1S/C10H12N4O/c11-14-10(15)6-13-8-2-1-7-3-4-12-9(7)5-8/h1-5,12-13H,6,11H2,(H,14,15). The molecule has 5 nitrogen and oxygen atoms in total. The number of rotatable bonds is 3. The van der Waals surface area contributed by atoms with Crippen LogP contribution in [-0.4, -0.2) is 17.4 Å². The van der Waals surface area contributed by atoms with E-state index < -0.39 is 0 Å². The molecule has 0 aliphatic rings. The maximum absolute atomic E-state index is 10.9. The van der Waals surface area contributed by atoms with Crippen LogP contribution < -0.4 is 16.6 Å². The summed E-state index contributed by atoms with van der Waals surface area (Å²) < 4.78 is 0. The van der Waals surface area contributed by atoms with Crippen LogP contribution >= 0.6 is 0 Å². The number of amides is 1. The Bertz CT molecular complexity index is 477. The summed E-state index contributed by atoms with van der Waals surface area (Å²) in [6.45, 7) is 0.169. The van der Waals surface area contributed by atoms with Crippen LogP contribution in [0.25, 0.3) is 10.9 Å². The van der Waals surface area contributed by atoms with Gasteiger partial charge in [0.2, 0.25) is 0 Å². The number of anilines is 1. The molecule has 5 N–H and O–H groups in total. The monoisotopic (exact) mass is 204 g/mol. The van der Waals surface area contributed by atoms with Gasteiger partial charge in [-0.2, -0.15) is 0 Å². The molecule has 0 bridgehead atoms. The van der Waals surface area contributed by atoms with E-state index in [9.17, 15) is 4.79 Å². The number of carbonyl (C=O) groups is 1. The molecule has 0 atom stereocenters. The molecule has 1 aromatic carbocycles. The third kappa shape index (κ3) is 2.08. The van der Waals surface area contributed by atoms with Gasteiger partial charge in [-0.15, -0.1) is 0 Å². The Kier molecular flexibility index (Phi) is 2.55. The van der Waals surface area contributed by atoms with E-state index in [4.69, 9.17) is 5.84 Å². The number of aromatic amines is 1. The van der Waals surface area contributed by atoms with Crippen LogP contribution in [0.4, 0.5) is 5.69 Å². The molecule has 1 heterocycles. The fourth-order valence-electron chi connectivity index (χ4n) is 1.39. The van der Waals surface area contributed by atoms with E-state index in [0.717, 1.165) is 16.6 Å². The minimum absolute atomic E-state index is 0.169. The molecule has 0 aliphatic heterocycles. The Hall–Kier alpha value is -2.01. The highest BCUT2D eigenvalue weighted by atomic mass is 16.2. The summed E-state index contributed by atoms with van der Waals surface area (Å²) in [4.78, 5) is 14.0. The lowest BCUT2D eigenvalue weighted by Gasteiger charge is -2.04. The summed E-state index contributed by atoms with van der Waals surface area (Å²) in [5, 5.41) is 4.11. The van der Waals surface area contributed by atoms with E-state index in [-0.39, 0.29) is 12.5 Å². The third-order valence-corrected chi connectivity index (χ3v) is 2.17. The molecule has 2 rings (SSSR count). The Balaban J connectivity index is 2.11. The topological polar surface area (TPSA) is 82.9 Å². The Morgan fingerprint density at radius 2 is 2.27 bits per heavy atom. The fraction of sp³-hybridized carbons (Fsp3) is 0.100. The lowest BCUT2D eigenvalue weighted by atomic mass is 10.2. The molecule has 0 aliphatic carbocycles. The average Bonchev–Trinajstić information content (AvgIpc) is 2.72. The third-order valence-electron chi connectivity index (χ3n) is 2.17. The minimum Gasteiger partial charge on any atom is -0.376 e. The molecule has 0 radical (unpaired) electrons. The summed E-state index contributed by atoms with van der Waals surface area (Å²) in [5.74, 6) is 4.72. The summed E-state index contributed by atoms with van der Waals surface area (Å²) in [6.07, 6.45) is 1.88. The quantitative estimate of drug-likeness (QED) is 0.335. The Morgan fingerprint density at radius 1 is 1.40 bits per heavy atom. The molecule has 0 fully saturated rings. The number of H-pyrrole nitrogens is 1. The van der Waals surface area contributed by atoms with Gasteiger partial charge in [0.05, 0.1) is 6.54 Å². The molecule has 1 aromatic heterocycles. The van der Waals surface area contributed by atoms with Crippen molar-refractivity contribution in [1.82, 2.24) is 10.4 Å². The number of nitrogens with two attached hydrogens (primary N) is 1. The number of fused-ring (bicyclic) bond motifs is 1. The first-order chi connectivity index (χ1) is 7.29. The zero-order valence-electron chi connectivity index (χ0n) is 8.08. The smallest absolute Gasteiger partial charge is 0.253 e. The number of carbonyl (C=O) groups excluding carboxylic acids is 1. The number of aromatic nitrogens is 1. The van der Waals surface area contributed by atoms with E-state index in [1.165, 1.54) is 0 Å². The summed E-state index contributed by atoms with van der Waals surface area (Å²) in [5.41, 5.74) is 3.98. The number of hydrogen-bond acceptors (Lipinski definition) is 3. The molecule has 0 unspecified atom stereocenters. The number of hydrogen-bond donors (Lipinski definition) is 4. The van der Waals surface area contributed by atoms with Gasteiger partial charge in [-0.05, 0) is 23.6 Å². The van der Waals surface area contributed by atoms with Crippen molar-refractivity contribution in [3.63, 3.8) is 0 Å². The van der Waals surface area contributed by atoms with Gasteiger partial charge >= 0.3 is 0 Å². The predicted octanol–water partition coefficient (Wildman–Crippen LogP) is 0.570. The van der Waals surface area contributed by atoms with Crippen molar-refractivity contribution in [2.75, 3.05) is 11.9 Å². The molecule has 1 amide bonds. The van der Waals surface area contributed by atoms with Crippen molar-refractivity contribution >= 4 is 22.5 Å². The van der Waals surface area contributed by atoms with E-state index in [1.807, 2.05) is 30.5 Å². The van der Waals surface area contributed by atoms with Crippen LogP contribution in [0.3, 0.4) is 0 Å². The van der Waals surface area contributed by atoms with Gasteiger partial charge in [-0.1, -0.05) is 6.07 Å². The molecule has 0 spiro atoms. The maximum Gasteiger partial charge on any atom is 0.253 e. The van der Waals surface area contributed by atoms with Gasteiger partial charge in [0.15, 0.2) is 0 Å². The highest BCUT2D eigenvalue weighted by Crippen LogP contribution is 2.17. The molecule has 5 heteroatoms. The van der Waals surface area contributed by atoms with Crippen LogP contribution in [0.15, 0.2) is 30.5 Å². The van der Waals surface area contributed by atoms with Crippen LogP contribution in [0, 0.1) is 0 Å². The minimum atomic E-state index is -0.249. The Morgan fingerprint density at radius 3 is 3.07 bits per heavy atom. The molecule has 0 saturated heterocycles. The highest BCUT2D eigenvalue weighted by Gasteiger charge is 1.99. The SMILES string of the molecule is NNC(=O)CNc1ccc2cc[nH]c2c1. The second kappa shape index (κ2) is 4.02. The summed E-state index contributed by atoms with van der Waals surface area (Å²) >= 11 is 0. The lowest BCUT2D eigenvalue weighted by Crippen LogP contribution is -2.35. The molecular weight excluding hydrogens is 192 g/mol. The van der Waals surface area contributed by atoms with Gasteiger partial charge < -0.3 is 10.3 Å². The van der Waals surface area contributed by atoms with E-state index in [0.29, 0.717) is 0 Å². The lowest BCUT2D eigenvalue weighted by molar-refractivity contribution is -0.119. The molecule has 2 aromatic rings. The fourth-order valence-corrected chi connectivity index (χ4v) is 1.39. The van der Waals surface area contributed by atoms with Gasteiger partial charge in [0.25, 0.3) is 5.91 Å². The summed E-state index contributed by atoms with van der Waals surface area (Å²) in [6, 6.07) is 7.83. The number of benzene rings is 1. The summed E-state index contributed by atoms with van der Waals surface area (Å²) in [7, 11) is 0.